The van der Waals surface area contributed by atoms with Crippen LogP contribution in [-0.2, 0) is 4.79 Å². The van der Waals surface area contributed by atoms with Crippen LogP contribution in [0.1, 0.15) is 5.56 Å². The molecule has 0 saturated heterocycles. The van der Waals surface area contributed by atoms with E-state index in [1.807, 2.05) is 0 Å². The van der Waals surface area contributed by atoms with Crippen LogP contribution >= 0.6 is 0 Å². The number of amides is 1. The summed E-state index contributed by atoms with van der Waals surface area (Å²) in [4.78, 5) is 26.1. The van der Waals surface area contributed by atoms with E-state index in [0.29, 0.717) is 5.56 Å². The van der Waals surface area contributed by atoms with Gasteiger partial charge in [0.15, 0.2) is 0 Å². The monoisotopic (exact) mass is 294 g/mol. The van der Waals surface area contributed by atoms with Crippen molar-refractivity contribution in [1.29, 1.82) is 5.26 Å². The van der Waals surface area contributed by atoms with Gasteiger partial charge in [0.25, 0.3) is 11.6 Å². The predicted molar refractivity (Wildman–Crippen MR) is 79.6 cm³/mol. The van der Waals surface area contributed by atoms with Crippen molar-refractivity contribution in [2.24, 2.45) is 0 Å². The highest BCUT2D eigenvalue weighted by Crippen LogP contribution is 2.18. The topological polar surface area (TPSA) is 109 Å². The highest BCUT2D eigenvalue weighted by atomic mass is 16.6. The van der Waals surface area contributed by atoms with Gasteiger partial charge in [0.2, 0.25) is 0 Å². The molecule has 0 radical (unpaired) electrons. The molecule has 7 nitrogen and oxygen atoms in total. The van der Waals surface area contributed by atoms with E-state index in [0.717, 1.165) is 0 Å². The number of rotatable bonds is 4. The van der Waals surface area contributed by atoms with Gasteiger partial charge in [-0.3, -0.25) is 19.9 Å². The summed E-state index contributed by atoms with van der Waals surface area (Å²) >= 11 is 0. The average molecular weight is 294 g/mol. The normalized spacial score (nSPS) is 10.6. The Labute approximate surface area is 125 Å². The lowest BCUT2D eigenvalue weighted by molar-refractivity contribution is -0.384. The lowest BCUT2D eigenvalue weighted by atomic mass is 10.1. The molecule has 0 bridgehead atoms. The summed E-state index contributed by atoms with van der Waals surface area (Å²) in [7, 11) is 0. The Kier molecular flexibility index (Phi) is 4.57. The number of nitro groups is 1. The van der Waals surface area contributed by atoms with E-state index < -0.39 is 10.8 Å². The number of nitro benzene ring substituents is 1. The van der Waals surface area contributed by atoms with Gasteiger partial charge in [-0.05, 0) is 23.8 Å². The maximum Gasteiger partial charge on any atom is 0.271 e. The van der Waals surface area contributed by atoms with E-state index in [2.05, 4.69) is 10.3 Å². The van der Waals surface area contributed by atoms with Crippen LogP contribution in [0.4, 0.5) is 11.4 Å². The van der Waals surface area contributed by atoms with Crippen LogP contribution < -0.4 is 5.32 Å². The number of hydrogen-bond donors (Lipinski definition) is 1. The molecule has 7 heteroatoms. The fraction of sp³-hybridized carbons (Fsp3) is 0. The number of nitriles is 1. The molecule has 2 aromatic rings. The molecule has 0 fully saturated rings. The van der Waals surface area contributed by atoms with Crippen molar-refractivity contribution in [3.63, 3.8) is 0 Å². The summed E-state index contributed by atoms with van der Waals surface area (Å²) in [6.07, 6.45) is 4.48. The molecule has 1 N–H and O–H groups in total. The van der Waals surface area contributed by atoms with E-state index in [9.17, 15) is 14.9 Å². The predicted octanol–water partition coefficient (Wildman–Crippen LogP) is 2.54. The van der Waals surface area contributed by atoms with E-state index in [1.54, 1.807) is 24.4 Å². The van der Waals surface area contributed by atoms with Crippen molar-refractivity contribution in [1.82, 2.24) is 4.98 Å². The molecule has 0 aliphatic heterocycles. The summed E-state index contributed by atoms with van der Waals surface area (Å²) in [5, 5.41) is 22.2. The Morgan fingerprint density at radius 3 is 2.82 bits per heavy atom. The summed E-state index contributed by atoms with van der Waals surface area (Å²) in [5.41, 5.74) is 0.576. The van der Waals surface area contributed by atoms with Crippen molar-refractivity contribution in [3.8, 4) is 6.07 Å². The number of carbonyl (C=O) groups is 1. The fourth-order valence-corrected chi connectivity index (χ4v) is 1.67. The zero-order valence-electron chi connectivity index (χ0n) is 11.3. The third kappa shape index (κ3) is 3.74. The first-order chi connectivity index (χ1) is 10.6. The molecule has 0 aliphatic rings. The molecular weight excluding hydrogens is 284 g/mol. The van der Waals surface area contributed by atoms with Crippen molar-refractivity contribution < 1.29 is 9.72 Å². The molecule has 108 valence electrons. The summed E-state index contributed by atoms with van der Waals surface area (Å²) < 4.78 is 0. The Morgan fingerprint density at radius 1 is 1.36 bits per heavy atom. The van der Waals surface area contributed by atoms with Crippen LogP contribution in [0.3, 0.4) is 0 Å². The van der Waals surface area contributed by atoms with Gasteiger partial charge in [0, 0.05) is 30.2 Å². The number of non-ortho nitro benzene ring substituents is 1. The fourth-order valence-electron chi connectivity index (χ4n) is 1.67. The number of hydrogen-bond acceptors (Lipinski definition) is 5. The molecule has 0 aliphatic carbocycles. The number of carbonyl (C=O) groups excluding carboxylic acids is 1. The molecule has 2 rings (SSSR count). The lowest BCUT2D eigenvalue weighted by Crippen LogP contribution is -2.13. The number of anilines is 1. The number of aromatic nitrogens is 1. The second-order valence-corrected chi connectivity index (χ2v) is 4.22. The number of nitrogens with one attached hydrogen (secondary N) is 1. The van der Waals surface area contributed by atoms with Gasteiger partial charge in [0.05, 0.1) is 4.92 Å². The van der Waals surface area contributed by atoms with Gasteiger partial charge < -0.3 is 5.32 Å². The minimum atomic E-state index is -0.646. The lowest BCUT2D eigenvalue weighted by Gasteiger charge is -2.04. The van der Waals surface area contributed by atoms with Crippen molar-refractivity contribution >= 4 is 23.4 Å². The van der Waals surface area contributed by atoms with Crippen LogP contribution in [0.15, 0.2) is 54.4 Å². The summed E-state index contributed by atoms with van der Waals surface area (Å²) in [5.74, 6) is -0.646. The summed E-state index contributed by atoms with van der Waals surface area (Å²) in [6, 6.07) is 10.7. The van der Waals surface area contributed by atoms with Crippen LogP contribution in [0.25, 0.3) is 6.08 Å². The molecule has 0 saturated carbocycles. The molecule has 1 amide bonds. The molecule has 1 heterocycles. The zero-order valence-corrected chi connectivity index (χ0v) is 11.3. The van der Waals surface area contributed by atoms with Crippen molar-refractivity contribution in [2.75, 3.05) is 5.32 Å². The van der Waals surface area contributed by atoms with Crippen LogP contribution in [0, 0.1) is 21.4 Å². The number of benzene rings is 1. The van der Waals surface area contributed by atoms with Gasteiger partial charge in [0.1, 0.15) is 11.6 Å². The van der Waals surface area contributed by atoms with Crippen LogP contribution in [-0.4, -0.2) is 15.8 Å². The van der Waals surface area contributed by atoms with Gasteiger partial charge in [-0.2, -0.15) is 5.26 Å². The van der Waals surface area contributed by atoms with Crippen molar-refractivity contribution in [2.45, 2.75) is 0 Å². The number of pyridine rings is 1. The van der Waals surface area contributed by atoms with E-state index in [4.69, 9.17) is 5.26 Å². The first-order valence-corrected chi connectivity index (χ1v) is 6.18. The molecule has 0 spiro atoms. The van der Waals surface area contributed by atoms with Crippen molar-refractivity contribution in [3.05, 3.63) is 70.0 Å². The Balaban J connectivity index is 2.20. The Bertz CT molecular complexity index is 779. The number of nitrogens with zero attached hydrogens (tertiary/aromatic N) is 3. The van der Waals surface area contributed by atoms with Gasteiger partial charge in [-0.15, -0.1) is 0 Å². The molecule has 22 heavy (non-hydrogen) atoms. The standard InChI is InChI=1S/C15H10N4O3/c16-9-12(7-11-3-2-6-17-10-11)15(20)18-13-4-1-5-14(8-13)19(21)22/h1-8,10H,(H,18,20). The quantitative estimate of drug-likeness (QED) is 0.403. The average Bonchev–Trinajstić information content (AvgIpc) is 2.53. The molecule has 1 aromatic heterocycles. The second-order valence-electron chi connectivity index (χ2n) is 4.22. The SMILES string of the molecule is N#CC(=Cc1cccnc1)C(=O)Nc1cccc([N+](=O)[O-])c1. The second kappa shape index (κ2) is 6.76. The van der Waals surface area contributed by atoms with Gasteiger partial charge in [-0.25, -0.2) is 0 Å². The molecular formula is C15H10N4O3. The molecule has 0 atom stereocenters. The Morgan fingerprint density at radius 2 is 2.18 bits per heavy atom. The molecule has 0 unspecified atom stereocenters. The summed E-state index contributed by atoms with van der Waals surface area (Å²) in [6.45, 7) is 0. The first-order valence-electron chi connectivity index (χ1n) is 6.18. The zero-order chi connectivity index (χ0) is 15.9. The molecule has 1 aromatic carbocycles. The Hall–Kier alpha value is -3.53. The first kappa shape index (κ1) is 14.9. The van der Waals surface area contributed by atoms with E-state index >= 15 is 0 Å². The van der Waals surface area contributed by atoms with Gasteiger partial charge in [-0.1, -0.05) is 12.1 Å². The minimum Gasteiger partial charge on any atom is -0.321 e. The highest BCUT2D eigenvalue weighted by Gasteiger charge is 2.12. The van der Waals surface area contributed by atoms with E-state index in [-0.39, 0.29) is 16.9 Å². The largest absolute Gasteiger partial charge is 0.321 e. The van der Waals surface area contributed by atoms with Crippen LogP contribution in [0.2, 0.25) is 0 Å². The third-order valence-electron chi connectivity index (χ3n) is 2.68. The minimum absolute atomic E-state index is 0.125. The van der Waals surface area contributed by atoms with Crippen LogP contribution in [0.5, 0.6) is 0 Å². The maximum atomic E-state index is 12.0. The van der Waals surface area contributed by atoms with Gasteiger partial charge >= 0.3 is 0 Å². The highest BCUT2D eigenvalue weighted by molar-refractivity contribution is 6.09. The maximum absolute atomic E-state index is 12.0. The smallest absolute Gasteiger partial charge is 0.271 e. The van der Waals surface area contributed by atoms with E-state index in [1.165, 1.54) is 36.5 Å². The third-order valence-corrected chi connectivity index (χ3v) is 2.68.